The molecule has 1 heterocycles. The molecule has 7 heteroatoms. The molecule has 2 aromatic rings. The Bertz CT molecular complexity index is 907. The summed E-state index contributed by atoms with van der Waals surface area (Å²) in [4.78, 5) is 29.2. The second-order valence-corrected chi connectivity index (χ2v) is 9.62. The van der Waals surface area contributed by atoms with Gasteiger partial charge in [0, 0.05) is 9.79 Å². The zero-order valence-corrected chi connectivity index (χ0v) is 18.1. The molecule has 1 aliphatic rings. The highest BCUT2D eigenvalue weighted by atomic mass is 32.2. The molecule has 152 valence electrons. The van der Waals surface area contributed by atoms with E-state index in [4.69, 9.17) is 4.74 Å². The summed E-state index contributed by atoms with van der Waals surface area (Å²) in [5.41, 5.74) is -0.665. The van der Waals surface area contributed by atoms with Gasteiger partial charge in [-0.2, -0.15) is 0 Å². The van der Waals surface area contributed by atoms with Crippen molar-refractivity contribution in [3.8, 4) is 0 Å². The summed E-state index contributed by atoms with van der Waals surface area (Å²) in [7, 11) is 0. The van der Waals surface area contributed by atoms with Crippen LogP contribution < -0.4 is 0 Å². The summed E-state index contributed by atoms with van der Waals surface area (Å²) in [6.45, 7) is 4.98. The van der Waals surface area contributed by atoms with Crippen molar-refractivity contribution in [2.24, 2.45) is 0 Å². The first kappa shape index (κ1) is 21.5. The Morgan fingerprint density at radius 3 is 2.03 bits per heavy atom. The van der Waals surface area contributed by atoms with Crippen molar-refractivity contribution in [2.45, 2.75) is 42.4 Å². The van der Waals surface area contributed by atoms with E-state index in [0.29, 0.717) is 9.81 Å². The number of hydrogen-bond donors (Lipinski definition) is 1. The smallest absolute Gasteiger partial charge is 0.326 e. The van der Waals surface area contributed by atoms with E-state index in [9.17, 15) is 14.7 Å². The SMILES string of the molecule is CC(C)(C)OC(=O)CN1C(=O)C(Sc2ccccc2)=C(Sc2ccccc2)C1O. The minimum absolute atomic E-state index is 0.311. The van der Waals surface area contributed by atoms with E-state index in [0.717, 1.165) is 14.7 Å². The fourth-order valence-corrected chi connectivity index (χ4v) is 4.84. The second kappa shape index (κ2) is 9.07. The van der Waals surface area contributed by atoms with E-state index in [-0.39, 0.29) is 12.5 Å². The molecule has 2 aromatic carbocycles. The van der Waals surface area contributed by atoms with Crippen LogP contribution in [-0.2, 0) is 14.3 Å². The van der Waals surface area contributed by atoms with Crippen LogP contribution >= 0.6 is 23.5 Å². The molecular formula is C22H23NO4S2. The maximum absolute atomic E-state index is 13.1. The van der Waals surface area contributed by atoms with Crippen molar-refractivity contribution in [3.63, 3.8) is 0 Å². The van der Waals surface area contributed by atoms with Gasteiger partial charge in [0.15, 0.2) is 6.23 Å². The first-order chi connectivity index (χ1) is 13.7. The first-order valence-corrected chi connectivity index (χ1v) is 10.8. The number of rotatable bonds is 6. The zero-order valence-electron chi connectivity index (χ0n) is 16.5. The van der Waals surface area contributed by atoms with Crippen LogP contribution in [0.5, 0.6) is 0 Å². The predicted octanol–water partition coefficient (Wildman–Crippen LogP) is 4.28. The van der Waals surface area contributed by atoms with Crippen LogP contribution in [0.15, 0.2) is 80.3 Å². The Balaban J connectivity index is 1.87. The predicted molar refractivity (Wildman–Crippen MR) is 115 cm³/mol. The van der Waals surface area contributed by atoms with Crippen molar-refractivity contribution >= 4 is 35.4 Å². The van der Waals surface area contributed by atoms with Crippen LogP contribution in [0.25, 0.3) is 0 Å². The lowest BCUT2D eigenvalue weighted by Crippen LogP contribution is -2.41. The molecular weight excluding hydrogens is 406 g/mol. The van der Waals surface area contributed by atoms with Gasteiger partial charge in [-0.1, -0.05) is 59.9 Å². The van der Waals surface area contributed by atoms with E-state index in [2.05, 4.69) is 0 Å². The highest BCUT2D eigenvalue weighted by Gasteiger charge is 2.40. The number of ether oxygens (including phenoxy) is 1. The minimum atomic E-state index is -1.20. The van der Waals surface area contributed by atoms with Crippen molar-refractivity contribution in [1.29, 1.82) is 0 Å². The Hall–Kier alpha value is -2.22. The number of carbonyl (C=O) groups is 2. The van der Waals surface area contributed by atoms with Crippen LogP contribution in [-0.4, -0.2) is 40.3 Å². The standard InChI is InChI=1S/C22H23NO4S2/c1-22(2,3)27-17(24)14-23-20(25)18(28-15-10-6-4-7-11-15)19(21(23)26)29-16-12-8-5-9-13-16/h4-13,20,25H,14H2,1-3H3. The Morgan fingerprint density at radius 1 is 1.00 bits per heavy atom. The molecule has 0 radical (unpaired) electrons. The number of nitrogens with zero attached hydrogens (tertiary/aromatic N) is 1. The van der Waals surface area contributed by atoms with Crippen molar-refractivity contribution < 1.29 is 19.4 Å². The molecule has 0 saturated carbocycles. The van der Waals surface area contributed by atoms with E-state index in [1.54, 1.807) is 20.8 Å². The number of esters is 1. The number of aliphatic hydroxyl groups excluding tert-OH is 1. The first-order valence-electron chi connectivity index (χ1n) is 9.15. The van der Waals surface area contributed by atoms with Crippen LogP contribution in [0.2, 0.25) is 0 Å². The molecule has 1 aliphatic heterocycles. The van der Waals surface area contributed by atoms with Gasteiger partial charge in [0.1, 0.15) is 12.1 Å². The fraction of sp³-hybridized carbons (Fsp3) is 0.273. The Morgan fingerprint density at radius 2 is 1.52 bits per heavy atom. The van der Waals surface area contributed by atoms with Gasteiger partial charge in [-0.15, -0.1) is 0 Å². The molecule has 1 N–H and O–H groups in total. The van der Waals surface area contributed by atoms with Crippen LogP contribution in [0.3, 0.4) is 0 Å². The Labute approximate surface area is 179 Å². The number of hydrogen-bond acceptors (Lipinski definition) is 6. The molecule has 1 amide bonds. The molecule has 0 aliphatic carbocycles. The molecule has 0 saturated heterocycles. The topological polar surface area (TPSA) is 66.8 Å². The normalized spacial score (nSPS) is 17.0. The number of benzene rings is 2. The van der Waals surface area contributed by atoms with Gasteiger partial charge in [0.05, 0.1) is 9.81 Å². The summed E-state index contributed by atoms with van der Waals surface area (Å²) in [6, 6.07) is 19.0. The highest BCUT2D eigenvalue weighted by molar-refractivity contribution is 8.07. The Kier molecular flexibility index (Phi) is 6.72. The van der Waals surface area contributed by atoms with Gasteiger partial charge >= 0.3 is 5.97 Å². The summed E-state index contributed by atoms with van der Waals surface area (Å²) < 4.78 is 5.33. The van der Waals surface area contributed by atoms with E-state index >= 15 is 0 Å². The van der Waals surface area contributed by atoms with Crippen molar-refractivity contribution in [2.75, 3.05) is 6.54 Å². The number of thioether (sulfide) groups is 2. The lowest BCUT2D eigenvalue weighted by Gasteiger charge is -2.25. The quantitative estimate of drug-likeness (QED) is 0.691. The molecule has 3 rings (SSSR count). The molecule has 5 nitrogen and oxygen atoms in total. The highest BCUT2D eigenvalue weighted by Crippen LogP contribution is 2.44. The molecule has 1 unspecified atom stereocenters. The number of amides is 1. The van der Waals surface area contributed by atoms with Gasteiger partial charge in [-0.3, -0.25) is 14.5 Å². The number of aliphatic hydroxyl groups is 1. The van der Waals surface area contributed by atoms with Gasteiger partial charge < -0.3 is 9.84 Å². The third-order valence-electron chi connectivity index (χ3n) is 3.86. The lowest BCUT2D eigenvalue weighted by atomic mass is 10.2. The average Bonchev–Trinajstić information content (AvgIpc) is 2.87. The van der Waals surface area contributed by atoms with Gasteiger partial charge in [-0.05, 0) is 45.0 Å². The fourth-order valence-electron chi connectivity index (χ4n) is 2.69. The van der Waals surface area contributed by atoms with Gasteiger partial charge in [-0.25, -0.2) is 0 Å². The molecule has 1 atom stereocenters. The summed E-state index contributed by atoms with van der Waals surface area (Å²) in [5.74, 6) is -0.935. The molecule has 0 spiro atoms. The molecule has 0 aromatic heterocycles. The third kappa shape index (κ3) is 5.65. The molecule has 29 heavy (non-hydrogen) atoms. The summed E-state index contributed by atoms with van der Waals surface area (Å²) >= 11 is 2.62. The number of carbonyl (C=O) groups excluding carboxylic acids is 2. The van der Waals surface area contributed by atoms with E-state index in [1.165, 1.54) is 23.5 Å². The van der Waals surface area contributed by atoms with Gasteiger partial charge in [0.2, 0.25) is 0 Å². The average molecular weight is 430 g/mol. The van der Waals surface area contributed by atoms with Crippen LogP contribution in [0.4, 0.5) is 0 Å². The van der Waals surface area contributed by atoms with Crippen LogP contribution in [0, 0.1) is 0 Å². The monoisotopic (exact) mass is 429 g/mol. The van der Waals surface area contributed by atoms with Crippen LogP contribution in [0.1, 0.15) is 20.8 Å². The summed E-state index contributed by atoms with van der Waals surface area (Å²) in [5, 5.41) is 10.9. The van der Waals surface area contributed by atoms with E-state index < -0.39 is 17.8 Å². The zero-order chi connectivity index (χ0) is 21.0. The molecule has 0 fully saturated rings. The van der Waals surface area contributed by atoms with Crippen molar-refractivity contribution in [3.05, 3.63) is 70.5 Å². The lowest BCUT2D eigenvalue weighted by molar-refractivity contribution is -0.160. The maximum atomic E-state index is 13.1. The minimum Gasteiger partial charge on any atom is -0.459 e. The maximum Gasteiger partial charge on any atom is 0.326 e. The largest absolute Gasteiger partial charge is 0.459 e. The van der Waals surface area contributed by atoms with Gasteiger partial charge in [0.25, 0.3) is 5.91 Å². The third-order valence-corrected chi connectivity index (χ3v) is 6.24. The summed E-state index contributed by atoms with van der Waals surface area (Å²) in [6.07, 6.45) is -1.20. The molecule has 0 bridgehead atoms. The van der Waals surface area contributed by atoms with E-state index in [1.807, 2.05) is 60.7 Å². The second-order valence-electron chi connectivity index (χ2n) is 7.42. The van der Waals surface area contributed by atoms with Crippen molar-refractivity contribution in [1.82, 2.24) is 4.90 Å².